The molecule has 0 atom stereocenters. The van der Waals surface area contributed by atoms with Crippen LogP contribution >= 0.6 is 11.6 Å². The van der Waals surface area contributed by atoms with E-state index in [1.165, 1.54) is 26.4 Å². The monoisotopic (exact) mass is 408 g/mol. The van der Waals surface area contributed by atoms with Gasteiger partial charge in [0.15, 0.2) is 5.76 Å². The van der Waals surface area contributed by atoms with Crippen molar-refractivity contribution in [1.29, 1.82) is 0 Å². The van der Waals surface area contributed by atoms with Crippen LogP contribution in [0.3, 0.4) is 0 Å². The molecule has 0 bridgehead atoms. The molecule has 142 valence electrons. The van der Waals surface area contributed by atoms with E-state index in [0.29, 0.717) is 27.8 Å². The summed E-state index contributed by atoms with van der Waals surface area (Å²) in [6.07, 6.45) is 0. The third-order valence-electron chi connectivity index (χ3n) is 3.77. The van der Waals surface area contributed by atoms with Gasteiger partial charge in [-0.25, -0.2) is 8.42 Å². The highest BCUT2D eigenvalue weighted by Crippen LogP contribution is 2.33. The van der Waals surface area contributed by atoms with Crippen LogP contribution in [0.1, 0.15) is 5.69 Å². The van der Waals surface area contributed by atoms with Gasteiger partial charge in [0.1, 0.15) is 16.4 Å². The zero-order valence-corrected chi connectivity index (χ0v) is 16.4. The molecule has 0 aliphatic rings. The summed E-state index contributed by atoms with van der Waals surface area (Å²) >= 11 is 6.05. The van der Waals surface area contributed by atoms with Crippen LogP contribution < -0.4 is 14.2 Å². The number of aryl methyl sites for hydroxylation is 1. The molecule has 3 aromatic rings. The Kier molecular flexibility index (Phi) is 5.29. The summed E-state index contributed by atoms with van der Waals surface area (Å²) in [5, 5.41) is 4.12. The number of methoxy groups -OCH3 is 2. The minimum absolute atomic E-state index is 0.0167. The van der Waals surface area contributed by atoms with Crippen molar-refractivity contribution in [1.82, 2.24) is 5.16 Å². The van der Waals surface area contributed by atoms with Crippen LogP contribution in [0.5, 0.6) is 11.5 Å². The SMILES string of the molecule is COc1ccc(NS(=O)(=O)c2ccc(-c3cc(C)no3)cc2OC)cc1Cl. The number of benzene rings is 2. The van der Waals surface area contributed by atoms with Gasteiger partial charge in [-0.1, -0.05) is 16.8 Å². The Morgan fingerprint density at radius 2 is 1.78 bits per heavy atom. The largest absolute Gasteiger partial charge is 0.495 e. The molecule has 0 unspecified atom stereocenters. The zero-order valence-electron chi connectivity index (χ0n) is 14.8. The fourth-order valence-corrected chi connectivity index (χ4v) is 3.94. The van der Waals surface area contributed by atoms with Gasteiger partial charge in [0.25, 0.3) is 10.0 Å². The lowest BCUT2D eigenvalue weighted by Crippen LogP contribution is -2.14. The lowest BCUT2D eigenvalue weighted by atomic mass is 10.1. The zero-order chi connectivity index (χ0) is 19.6. The van der Waals surface area contributed by atoms with Crippen molar-refractivity contribution in [3.8, 4) is 22.8 Å². The first-order valence-electron chi connectivity index (χ1n) is 7.82. The highest BCUT2D eigenvalue weighted by Gasteiger charge is 2.21. The highest BCUT2D eigenvalue weighted by molar-refractivity contribution is 7.92. The predicted molar refractivity (Wildman–Crippen MR) is 102 cm³/mol. The maximum absolute atomic E-state index is 12.8. The third-order valence-corrected chi connectivity index (χ3v) is 5.49. The lowest BCUT2D eigenvalue weighted by molar-refractivity contribution is 0.401. The highest BCUT2D eigenvalue weighted by atomic mass is 35.5. The van der Waals surface area contributed by atoms with Crippen molar-refractivity contribution in [2.24, 2.45) is 0 Å². The van der Waals surface area contributed by atoms with E-state index >= 15 is 0 Å². The average Bonchev–Trinajstić information content (AvgIpc) is 3.07. The van der Waals surface area contributed by atoms with Crippen LogP contribution in [0.2, 0.25) is 5.02 Å². The number of hydrogen-bond donors (Lipinski definition) is 1. The van der Waals surface area contributed by atoms with Crippen molar-refractivity contribution < 1.29 is 22.4 Å². The minimum atomic E-state index is -3.91. The number of nitrogens with one attached hydrogen (secondary N) is 1. The van der Waals surface area contributed by atoms with Gasteiger partial charge in [-0.2, -0.15) is 0 Å². The number of nitrogens with zero attached hydrogens (tertiary/aromatic N) is 1. The predicted octanol–water partition coefficient (Wildman–Crippen LogP) is 4.12. The molecule has 7 nitrogen and oxygen atoms in total. The van der Waals surface area contributed by atoms with E-state index in [-0.39, 0.29) is 10.6 Å². The van der Waals surface area contributed by atoms with Crippen molar-refractivity contribution in [3.05, 3.63) is 53.2 Å². The second-order valence-electron chi connectivity index (χ2n) is 5.65. The minimum Gasteiger partial charge on any atom is -0.495 e. The number of aromatic nitrogens is 1. The topological polar surface area (TPSA) is 90.7 Å². The van der Waals surface area contributed by atoms with Gasteiger partial charge in [-0.05, 0) is 43.3 Å². The Bertz CT molecular complexity index is 1080. The van der Waals surface area contributed by atoms with Crippen LogP contribution in [-0.2, 0) is 10.0 Å². The average molecular weight is 409 g/mol. The Balaban J connectivity index is 1.95. The first kappa shape index (κ1) is 19.1. The van der Waals surface area contributed by atoms with Crippen LogP contribution in [-0.4, -0.2) is 27.8 Å². The molecule has 0 amide bonds. The van der Waals surface area contributed by atoms with E-state index in [1.807, 2.05) is 0 Å². The van der Waals surface area contributed by atoms with E-state index in [9.17, 15) is 8.42 Å². The van der Waals surface area contributed by atoms with Gasteiger partial charge in [0, 0.05) is 11.6 Å². The van der Waals surface area contributed by atoms with Crippen LogP contribution in [0.25, 0.3) is 11.3 Å². The Hall–Kier alpha value is -2.71. The summed E-state index contributed by atoms with van der Waals surface area (Å²) in [6.45, 7) is 1.80. The molecule has 1 N–H and O–H groups in total. The Labute approximate surface area is 161 Å². The van der Waals surface area contributed by atoms with Gasteiger partial charge in [0.05, 0.1) is 30.6 Å². The fraction of sp³-hybridized carbons (Fsp3) is 0.167. The molecule has 1 heterocycles. The van der Waals surface area contributed by atoms with Crippen molar-refractivity contribution >= 4 is 27.3 Å². The number of anilines is 1. The quantitative estimate of drug-likeness (QED) is 0.659. The first-order valence-corrected chi connectivity index (χ1v) is 9.68. The molecule has 0 radical (unpaired) electrons. The molecule has 0 aliphatic heterocycles. The molecule has 2 aromatic carbocycles. The summed E-state index contributed by atoms with van der Waals surface area (Å²) < 4.78 is 43.6. The van der Waals surface area contributed by atoms with Gasteiger partial charge >= 0.3 is 0 Å². The van der Waals surface area contributed by atoms with Crippen LogP contribution in [0, 0.1) is 6.92 Å². The number of rotatable bonds is 6. The van der Waals surface area contributed by atoms with Crippen LogP contribution in [0.15, 0.2) is 51.9 Å². The van der Waals surface area contributed by atoms with E-state index in [1.54, 1.807) is 37.3 Å². The number of sulfonamides is 1. The molecular weight excluding hydrogens is 392 g/mol. The van der Waals surface area contributed by atoms with E-state index < -0.39 is 10.0 Å². The van der Waals surface area contributed by atoms with Gasteiger partial charge in [-0.15, -0.1) is 0 Å². The molecule has 9 heteroatoms. The summed E-state index contributed by atoms with van der Waals surface area (Å²) in [4.78, 5) is -0.0167. The van der Waals surface area contributed by atoms with Crippen molar-refractivity contribution in [2.45, 2.75) is 11.8 Å². The summed E-state index contributed by atoms with van der Waals surface area (Å²) in [7, 11) is -1.03. The second kappa shape index (κ2) is 7.50. The number of hydrogen-bond acceptors (Lipinski definition) is 6. The Morgan fingerprint density at radius 1 is 1.04 bits per heavy atom. The summed E-state index contributed by atoms with van der Waals surface area (Å²) in [5.74, 6) is 1.14. The van der Waals surface area contributed by atoms with E-state index in [0.717, 1.165) is 5.69 Å². The standard InChI is InChI=1S/C18H17ClN2O5S/c1-11-8-16(26-20-11)12-4-7-18(17(9-12)25-3)27(22,23)21-13-5-6-15(24-2)14(19)10-13/h4-10,21H,1-3H3. The number of ether oxygens (including phenoxy) is 2. The fourth-order valence-electron chi connectivity index (χ4n) is 2.48. The third kappa shape index (κ3) is 4.01. The molecule has 27 heavy (non-hydrogen) atoms. The molecule has 0 fully saturated rings. The molecule has 0 aliphatic carbocycles. The molecule has 1 aromatic heterocycles. The maximum Gasteiger partial charge on any atom is 0.265 e. The molecule has 0 spiro atoms. The Morgan fingerprint density at radius 3 is 2.37 bits per heavy atom. The maximum atomic E-state index is 12.8. The van der Waals surface area contributed by atoms with Crippen molar-refractivity contribution in [3.63, 3.8) is 0 Å². The van der Waals surface area contributed by atoms with Crippen LogP contribution in [0.4, 0.5) is 5.69 Å². The normalized spacial score (nSPS) is 11.3. The summed E-state index contributed by atoms with van der Waals surface area (Å²) in [6, 6.07) is 11.0. The second-order valence-corrected chi connectivity index (χ2v) is 7.71. The molecule has 0 saturated carbocycles. The molecule has 0 saturated heterocycles. The smallest absolute Gasteiger partial charge is 0.265 e. The first-order chi connectivity index (χ1) is 12.8. The lowest BCUT2D eigenvalue weighted by Gasteiger charge is -2.13. The van der Waals surface area contributed by atoms with Gasteiger partial charge in [0.2, 0.25) is 0 Å². The molecular formula is C18H17ClN2O5S. The summed E-state index contributed by atoms with van der Waals surface area (Å²) in [5.41, 5.74) is 1.68. The number of halogens is 1. The molecule has 3 rings (SSSR count). The van der Waals surface area contributed by atoms with Crippen molar-refractivity contribution in [2.75, 3.05) is 18.9 Å². The van der Waals surface area contributed by atoms with Gasteiger partial charge in [-0.3, -0.25) is 4.72 Å². The van der Waals surface area contributed by atoms with E-state index in [2.05, 4.69) is 9.88 Å². The van der Waals surface area contributed by atoms with Gasteiger partial charge < -0.3 is 14.0 Å². The van der Waals surface area contributed by atoms with E-state index in [4.69, 9.17) is 25.6 Å².